The highest BCUT2D eigenvalue weighted by molar-refractivity contribution is 7.84. The predicted octanol–water partition coefficient (Wildman–Crippen LogP) is 4.62. The van der Waals surface area contributed by atoms with E-state index in [0.29, 0.717) is 11.8 Å². The van der Waals surface area contributed by atoms with Gasteiger partial charge in [0, 0.05) is 33.3 Å². The van der Waals surface area contributed by atoms with E-state index >= 15 is 0 Å². The van der Waals surface area contributed by atoms with Gasteiger partial charge in [-0.15, -0.1) is 0 Å². The number of hydrogen-bond acceptors (Lipinski definition) is 3. The monoisotopic (exact) mass is 378 g/mol. The zero-order chi connectivity index (χ0) is 19.0. The predicted molar refractivity (Wildman–Crippen MR) is 109 cm³/mol. The van der Waals surface area contributed by atoms with Crippen molar-refractivity contribution in [2.45, 2.75) is 37.5 Å². The number of aryl methyl sites for hydroxylation is 1. The third kappa shape index (κ3) is 3.32. The summed E-state index contributed by atoms with van der Waals surface area (Å²) in [5.41, 5.74) is 5.22. The van der Waals surface area contributed by atoms with Crippen molar-refractivity contribution in [2.24, 2.45) is 0 Å². The van der Waals surface area contributed by atoms with Gasteiger partial charge in [0.2, 0.25) is 0 Å². The van der Waals surface area contributed by atoms with E-state index in [4.69, 9.17) is 0 Å². The summed E-state index contributed by atoms with van der Waals surface area (Å²) in [6.07, 6.45) is 1.97. The maximum absolute atomic E-state index is 12.6. The molecule has 4 rings (SSSR count). The molecule has 0 saturated carbocycles. The molecule has 0 aliphatic carbocycles. The van der Waals surface area contributed by atoms with Gasteiger partial charge in [-0.3, -0.25) is 14.0 Å². The molecule has 0 fully saturated rings. The van der Waals surface area contributed by atoms with Crippen molar-refractivity contribution in [3.63, 3.8) is 0 Å². The van der Waals surface area contributed by atoms with E-state index in [1.165, 1.54) is 5.56 Å². The molecule has 0 aliphatic rings. The van der Waals surface area contributed by atoms with Crippen molar-refractivity contribution in [1.29, 1.82) is 0 Å². The molecule has 0 amide bonds. The van der Waals surface area contributed by atoms with Crippen LogP contribution in [-0.2, 0) is 16.7 Å². The Bertz CT molecular complexity index is 1110. The molecule has 2 heterocycles. The Morgan fingerprint density at radius 3 is 2.63 bits per heavy atom. The van der Waals surface area contributed by atoms with Gasteiger partial charge in [0.05, 0.1) is 22.0 Å². The van der Waals surface area contributed by atoms with Crippen LogP contribution < -0.4 is 0 Å². The van der Waals surface area contributed by atoms with Gasteiger partial charge < -0.3 is 0 Å². The molecule has 6 heteroatoms. The topological polar surface area (TPSA) is 63.6 Å². The van der Waals surface area contributed by atoms with Crippen LogP contribution in [0.5, 0.6) is 0 Å². The number of aromatic amines is 1. The number of nitrogens with one attached hydrogen (secondary N) is 1. The number of aromatic nitrogens is 4. The van der Waals surface area contributed by atoms with E-state index in [1.807, 2.05) is 48.7 Å². The third-order valence-electron chi connectivity index (χ3n) is 4.68. The molecule has 0 aliphatic heterocycles. The first-order valence-corrected chi connectivity index (χ1v) is 10.3. The Hall–Kier alpha value is -2.73. The molecule has 2 aromatic carbocycles. The molecule has 0 bridgehead atoms. The number of benzene rings is 2. The van der Waals surface area contributed by atoms with Crippen LogP contribution in [0.4, 0.5) is 0 Å². The van der Waals surface area contributed by atoms with Gasteiger partial charge in [-0.25, -0.2) is 0 Å². The summed E-state index contributed by atoms with van der Waals surface area (Å²) < 4.78 is 14.4. The van der Waals surface area contributed by atoms with Crippen molar-refractivity contribution >= 4 is 21.7 Å². The highest BCUT2D eigenvalue weighted by atomic mass is 32.2. The fourth-order valence-corrected chi connectivity index (χ4v) is 4.46. The fraction of sp³-hybridized carbons (Fsp3) is 0.238. The minimum atomic E-state index is -1.14. The van der Waals surface area contributed by atoms with E-state index in [1.54, 1.807) is 4.68 Å². The van der Waals surface area contributed by atoms with Crippen molar-refractivity contribution < 1.29 is 4.21 Å². The number of H-pyrrole nitrogens is 1. The number of nitrogens with zero attached hydrogens (tertiary/aromatic N) is 3. The Labute approximate surface area is 160 Å². The largest absolute Gasteiger partial charge is 0.282 e. The number of hydrogen-bond donors (Lipinski definition) is 1. The van der Waals surface area contributed by atoms with Crippen LogP contribution in [-0.4, -0.2) is 24.2 Å². The van der Waals surface area contributed by atoms with Crippen LogP contribution in [0.1, 0.15) is 31.0 Å². The first kappa shape index (κ1) is 17.7. The quantitative estimate of drug-likeness (QED) is 0.551. The highest BCUT2D eigenvalue weighted by Gasteiger charge is 2.18. The Morgan fingerprint density at radius 1 is 1.11 bits per heavy atom. The SMILES string of the molecule is Cc1[nH]nc(-c2cccc3nn(CS(=O)c4ccccc4)cc23)c1C(C)C. The second-order valence-corrected chi connectivity index (χ2v) is 8.38. The lowest BCUT2D eigenvalue weighted by atomic mass is 9.95. The lowest BCUT2D eigenvalue weighted by molar-refractivity contribution is 0.661. The summed E-state index contributed by atoms with van der Waals surface area (Å²) in [5.74, 6) is 0.698. The van der Waals surface area contributed by atoms with Gasteiger partial charge in [0.15, 0.2) is 0 Å². The minimum Gasteiger partial charge on any atom is -0.282 e. The lowest BCUT2D eigenvalue weighted by Crippen LogP contribution is -2.05. The molecule has 0 spiro atoms. The van der Waals surface area contributed by atoms with Crippen LogP contribution >= 0.6 is 0 Å². The maximum atomic E-state index is 12.6. The average Bonchev–Trinajstić information content (AvgIpc) is 3.25. The first-order chi connectivity index (χ1) is 13.0. The van der Waals surface area contributed by atoms with E-state index in [2.05, 4.69) is 42.1 Å². The molecule has 4 aromatic rings. The summed E-state index contributed by atoms with van der Waals surface area (Å²) in [6, 6.07) is 15.5. The highest BCUT2D eigenvalue weighted by Crippen LogP contribution is 2.34. The molecule has 5 nitrogen and oxygen atoms in total. The zero-order valence-electron chi connectivity index (χ0n) is 15.6. The fourth-order valence-electron chi connectivity index (χ4n) is 3.48. The molecule has 2 aromatic heterocycles. The second kappa shape index (κ2) is 7.12. The Balaban J connectivity index is 1.74. The summed E-state index contributed by atoms with van der Waals surface area (Å²) >= 11 is 0. The molecule has 1 unspecified atom stereocenters. The molecule has 27 heavy (non-hydrogen) atoms. The zero-order valence-corrected chi connectivity index (χ0v) is 16.5. The number of fused-ring (bicyclic) bond motifs is 1. The normalized spacial score (nSPS) is 12.7. The van der Waals surface area contributed by atoms with Gasteiger partial charge in [-0.1, -0.05) is 44.2 Å². The lowest BCUT2D eigenvalue weighted by Gasteiger charge is -2.08. The first-order valence-electron chi connectivity index (χ1n) is 8.99. The number of rotatable bonds is 5. The standard InChI is InChI=1S/C21H22N4OS/c1-14(2)20-15(3)22-23-21(20)17-10-7-11-19-18(17)12-25(24-19)13-27(26)16-8-5-4-6-9-16/h4-12,14H,13H2,1-3H3,(H,22,23). The third-order valence-corrected chi connectivity index (χ3v) is 5.98. The van der Waals surface area contributed by atoms with Crippen molar-refractivity contribution in [3.8, 4) is 11.3 Å². The summed E-state index contributed by atoms with van der Waals surface area (Å²) in [7, 11) is -1.14. The average molecular weight is 379 g/mol. The van der Waals surface area contributed by atoms with Crippen molar-refractivity contribution in [3.05, 3.63) is 66.0 Å². The van der Waals surface area contributed by atoms with Gasteiger partial charge >= 0.3 is 0 Å². The van der Waals surface area contributed by atoms with Gasteiger partial charge in [-0.2, -0.15) is 10.2 Å². The van der Waals surface area contributed by atoms with E-state index in [9.17, 15) is 4.21 Å². The van der Waals surface area contributed by atoms with Crippen LogP contribution in [0.3, 0.4) is 0 Å². The molecule has 0 saturated heterocycles. The molecule has 138 valence electrons. The van der Waals surface area contributed by atoms with Gasteiger partial charge in [0.25, 0.3) is 0 Å². The maximum Gasteiger partial charge on any atom is 0.121 e. The smallest absolute Gasteiger partial charge is 0.121 e. The van der Waals surface area contributed by atoms with Gasteiger partial charge in [0.1, 0.15) is 5.88 Å². The Kier molecular flexibility index (Phi) is 4.66. The summed E-state index contributed by atoms with van der Waals surface area (Å²) in [6.45, 7) is 6.40. The molecular formula is C21H22N4OS. The van der Waals surface area contributed by atoms with Crippen LogP contribution in [0, 0.1) is 6.92 Å². The van der Waals surface area contributed by atoms with E-state index in [-0.39, 0.29) is 0 Å². The molecule has 0 radical (unpaired) electrons. The molecule has 1 N–H and O–H groups in total. The van der Waals surface area contributed by atoms with Crippen molar-refractivity contribution in [1.82, 2.24) is 20.0 Å². The molecule has 1 atom stereocenters. The van der Waals surface area contributed by atoms with Crippen LogP contribution in [0.2, 0.25) is 0 Å². The summed E-state index contributed by atoms with van der Waals surface area (Å²) in [5, 5.41) is 13.3. The van der Waals surface area contributed by atoms with E-state index in [0.717, 1.165) is 32.7 Å². The van der Waals surface area contributed by atoms with Crippen LogP contribution in [0.15, 0.2) is 59.6 Å². The van der Waals surface area contributed by atoms with Crippen molar-refractivity contribution in [2.75, 3.05) is 0 Å². The minimum absolute atomic E-state index is 0.328. The molecular weight excluding hydrogens is 356 g/mol. The summed E-state index contributed by atoms with van der Waals surface area (Å²) in [4.78, 5) is 0.808. The van der Waals surface area contributed by atoms with Gasteiger partial charge in [-0.05, 0) is 31.0 Å². The second-order valence-electron chi connectivity index (χ2n) is 6.96. The van der Waals surface area contributed by atoms with E-state index < -0.39 is 10.8 Å². The van der Waals surface area contributed by atoms with Crippen LogP contribution in [0.25, 0.3) is 22.2 Å². The Morgan fingerprint density at radius 2 is 1.89 bits per heavy atom.